The molecule has 2 aliphatic carbocycles. The molecule has 2 aliphatic rings. The molecule has 59 heavy (non-hydrogen) atoms. The third-order valence-corrected chi connectivity index (χ3v) is 13.3. The molecule has 0 bridgehead atoms. The van der Waals surface area contributed by atoms with Crippen molar-refractivity contribution in [3.05, 3.63) is 234 Å². The lowest BCUT2D eigenvalue weighted by Gasteiger charge is -2.21. The van der Waals surface area contributed by atoms with Gasteiger partial charge in [-0.15, -0.1) is 0 Å². The topological polar surface area (TPSA) is 4.93 Å². The first-order chi connectivity index (χ1) is 29.0. The largest absolute Gasteiger partial charge is 0.309 e. The van der Waals surface area contributed by atoms with Crippen molar-refractivity contribution in [1.29, 1.82) is 0 Å². The first-order valence-electron chi connectivity index (χ1n) is 20.8. The van der Waals surface area contributed by atoms with Crippen molar-refractivity contribution < 1.29 is 0 Å². The molecule has 0 amide bonds. The molecule has 1 aromatic heterocycles. The third kappa shape index (κ3) is 5.11. The maximum Gasteiger partial charge on any atom is 0.0547 e. The summed E-state index contributed by atoms with van der Waals surface area (Å²) < 4.78 is 2.49. The molecule has 1 heteroatoms. The lowest BCUT2D eigenvalue weighted by atomic mass is 9.82. The second-order valence-electron chi connectivity index (χ2n) is 16.9. The predicted octanol–water partition coefficient (Wildman–Crippen LogP) is 15.3. The van der Waals surface area contributed by atoms with E-state index in [2.05, 4.69) is 225 Å². The van der Waals surface area contributed by atoms with Crippen LogP contribution in [0.4, 0.5) is 0 Å². The molecule has 0 spiro atoms. The Hall–Kier alpha value is -7.22. The van der Waals surface area contributed by atoms with E-state index < -0.39 is 0 Å². The van der Waals surface area contributed by atoms with Crippen LogP contribution in [0.2, 0.25) is 0 Å². The predicted molar refractivity (Wildman–Crippen MR) is 247 cm³/mol. The number of benzene rings is 9. The Kier molecular flexibility index (Phi) is 7.40. The van der Waals surface area contributed by atoms with Crippen LogP contribution in [0.3, 0.4) is 0 Å². The van der Waals surface area contributed by atoms with E-state index in [9.17, 15) is 0 Å². The van der Waals surface area contributed by atoms with Crippen LogP contribution >= 0.6 is 0 Å². The Labute approximate surface area is 345 Å². The molecule has 0 N–H and O–H groups in total. The van der Waals surface area contributed by atoms with Crippen LogP contribution < -0.4 is 0 Å². The zero-order valence-electron chi connectivity index (χ0n) is 33.2. The Morgan fingerprint density at radius 2 is 0.983 bits per heavy atom. The fraction of sp³-hybridized carbons (Fsp3) is 0.0690. The number of hydrogen-bond donors (Lipinski definition) is 0. The summed E-state index contributed by atoms with van der Waals surface area (Å²) in [5.41, 5.74) is 23.1. The minimum absolute atomic E-state index is 0.0933. The number of nitrogens with zero attached hydrogens (tertiary/aromatic N) is 1. The summed E-state index contributed by atoms with van der Waals surface area (Å²) in [5, 5.41) is 2.61. The summed E-state index contributed by atoms with van der Waals surface area (Å²) in [6, 6.07) is 76.7. The molecule has 1 nitrogen and oxygen atoms in total. The van der Waals surface area contributed by atoms with Crippen LogP contribution in [0.5, 0.6) is 0 Å². The van der Waals surface area contributed by atoms with E-state index in [1.165, 1.54) is 111 Å². The van der Waals surface area contributed by atoms with Gasteiger partial charge in [-0.2, -0.15) is 0 Å². The average Bonchev–Trinajstić information content (AvgIpc) is 3.89. The van der Waals surface area contributed by atoms with Gasteiger partial charge in [-0.25, -0.2) is 0 Å². The Morgan fingerprint density at radius 3 is 1.78 bits per heavy atom. The fourth-order valence-electron chi connectivity index (χ4n) is 10.5. The van der Waals surface area contributed by atoms with Crippen LogP contribution in [0.15, 0.2) is 206 Å². The van der Waals surface area contributed by atoms with Gasteiger partial charge in [-0.05, 0) is 120 Å². The van der Waals surface area contributed by atoms with Crippen molar-refractivity contribution in [3.8, 4) is 61.3 Å². The minimum Gasteiger partial charge on any atom is -0.309 e. The first kappa shape index (κ1) is 33.9. The molecule has 0 saturated carbocycles. The average molecular weight is 752 g/mol. The highest BCUT2D eigenvalue weighted by atomic mass is 15.0. The normalized spacial score (nSPS) is 14.6. The van der Waals surface area contributed by atoms with Crippen LogP contribution in [0.1, 0.15) is 47.6 Å². The number of hydrogen-bond acceptors (Lipinski definition) is 0. The summed E-state index contributed by atoms with van der Waals surface area (Å²) in [7, 11) is 0. The zero-order chi connectivity index (χ0) is 39.2. The highest BCUT2D eigenvalue weighted by Gasteiger charge is 2.37. The van der Waals surface area contributed by atoms with Crippen molar-refractivity contribution in [1.82, 2.24) is 4.57 Å². The van der Waals surface area contributed by atoms with Crippen molar-refractivity contribution in [2.24, 2.45) is 0 Å². The summed E-state index contributed by atoms with van der Waals surface area (Å²) in [6.07, 6.45) is 0. The molecule has 12 rings (SSSR count). The Balaban J connectivity index is 1.06. The van der Waals surface area contributed by atoms with Crippen molar-refractivity contribution in [2.45, 2.75) is 25.2 Å². The maximum absolute atomic E-state index is 2.49. The Morgan fingerprint density at radius 1 is 0.390 bits per heavy atom. The van der Waals surface area contributed by atoms with Crippen LogP contribution in [-0.4, -0.2) is 4.57 Å². The van der Waals surface area contributed by atoms with Crippen molar-refractivity contribution in [3.63, 3.8) is 0 Å². The lowest BCUT2D eigenvalue weighted by Crippen LogP contribution is -2.14. The van der Waals surface area contributed by atoms with E-state index in [4.69, 9.17) is 0 Å². The van der Waals surface area contributed by atoms with Gasteiger partial charge in [0.15, 0.2) is 0 Å². The van der Waals surface area contributed by atoms with E-state index in [0.29, 0.717) is 0 Å². The van der Waals surface area contributed by atoms with Gasteiger partial charge in [-0.3, -0.25) is 0 Å². The molecule has 10 aromatic rings. The lowest BCUT2D eigenvalue weighted by molar-refractivity contribution is 0.661. The maximum atomic E-state index is 2.49. The molecule has 0 radical (unpaired) electrons. The monoisotopic (exact) mass is 751 g/mol. The van der Waals surface area contributed by atoms with E-state index in [1.807, 2.05) is 0 Å². The van der Waals surface area contributed by atoms with Crippen molar-refractivity contribution >= 4 is 21.8 Å². The highest BCUT2D eigenvalue weighted by molar-refractivity contribution is 6.18. The second kappa shape index (κ2) is 12.9. The first-order valence-corrected chi connectivity index (χ1v) is 20.8. The number of aromatic nitrogens is 1. The molecule has 0 fully saturated rings. The van der Waals surface area contributed by atoms with Crippen LogP contribution in [-0.2, 0) is 5.41 Å². The third-order valence-electron chi connectivity index (χ3n) is 13.3. The van der Waals surface area contributed by atoms with Crippen LogP contribution in [0, 0.1) is 0 Å². The molecule has 0 saturated heterocycles. The second-order valence-corrected chi connectivity index (χ2v) is 16.9. The van der Waals surface area contributed by atoms with Gasteiger partial charge >= 0.3 is 0 Å². The standard InChI is InChI=1S/C58H41N/c1-58(2)51-26-12-11-25-48(51)56-52(58)30-32-54-57(56)50-36-42(28-31-53(50)59(54)44-22-14-20-40(34-44)38-17-7-4-8-18-38)41-27-29-47-49(35-41)45-23-9-10-24-46(45)55(47)43-21-13-19-39(33-43)37-15-5-3-6-16-37/h3-36,55H,1-2H3. The van der Waals surface area contributed by atoms with Gasteiger partial charge in [0.25, 0.3) is 0 Å². The summed E-state index contributed by atoms with van der Waals surface area (Å²) in [6.45, 7) is 4.76. The molecule has 9 aromatic carbocycles. The van der Waals surface area contributed by atoms with Gasteiger partial charge in [0.2, 0.25) is 0 Å². The molecular formula is C58H41N. The SMILES string of the molecule is CC1(C)c2ccccc2-c2c1ccc1c2c2cc(-c3ccc4c(c3)-c3ccccc3C4c3cccc(-c4ccccc4)c3)ccc2n1-c1cccc(-c2ccccc2)c1. The number of rotatable bonds is 5. The van der Waals surface area contributed by atoms with Gasteiger partial charge in [0.1, 0.15) is 0 Å². The Bertz CT molecular complexity index is 3290. The molecule has 1 unspecified atom stereocenters. The van der Waals surface area contributed by atoms with Gasteiger partial charge in [0.05, 0.1) is 11.0 Å². The minimum atomic E-state index is -0.0933. The molecular weight excluding hydrogens is 711 g/mol. The van der Waals surface area contributed by atoms with E-state index in [0.717, 1.165) is 0 Å². The molecule has 0 aliphatic heterocycles. The highest BCUT2D eigenvalue weighted by Crippen LogP contribution is 2.54. The number of fused-ring (bicyclic) bond motifs is 10. The summed E-state index contributed by atoms with van der Waals surface area (Å²) in [5.74, 6) is 0.178. The van der Waals surface area contributed by atoms with E-state index in [-0.39, 0.29) is 11.3 Å². The quantitative estimate of drug-likeness (QED) is 0.165. The summed E-state index contributed by atoms with van der Waals surface area (Å²) in [4.78, 5) is 0. The van der Waals surface area contributed by atoms with Gasteiger partial charge in [-0.1, -0.05) is 184 Å². The van der Waals surface area contributed by atoms with E-state index >= 15 is 0 Å². The van der Waals surface area contributed by atoms with Gasteiger partial charge in [0, 0.05) is 27.8 Å². The van der Waals surface area contributed by atoms with Crippen LogP contribution in [0.25, 0.3) is 83.1 Å². The van der Waals surface area contributed by atoms with Crippen molar-refractivity contribution in [2.75, 3.05) is 0 Å². The molecule has 1 atom stereocenters. The smallest absolute Gasteiger partial charge is 0.0547 e. The zero-order valence-corrected chi connectivity index (χ0v) is 33.2. The fourth-order valence-corrected chi connectivity index (χ4v) is 10.5. The summed E-state index contributed by atoms with van der Waals surface area (Å²) >= 11 is 0. The molecule has 1 heterocycles. The molecule has 278 valence electrons. The van der Waals surface area contributed by atoms with E-state index in [1.54, 1.807) is 0 Å². The van der Waals surface area contributed by atoms with Gasteiger partial charge < -0.3 is 4.57 Å².